The summed E-state index contributed by atoms with van der Waals surface area (Å²) in [6.07, 6.45) is 6.62. The second-order valence-electron chi connectivity index (χ2n) is 11.1. The minimum Gasteiger partial charge on any atom is -0.463 e. The maximum Gasteiger partial charge on any atom is 0.200 e. The molecule has 1 unspecified atom stereocenters. The molecule has 6 rings (SSSR count). The SMILES string of the molecule is Cc1cc(CN2CCC[C@H](C)C2)cc2c(=O)c(-c3cccc(C(c4nncn4C)C4(F)CC4)c3)coc12. The molecule has 1 saturated heterocycles. The lowest BCUT2D eigenvalue weighted by molar-refractivity contribution is 0.176. The smallest absolute Gasteiger partial charge is 0.200 e. The van der Waals surface area contributed by atoms with E-state index in [-0.39, 0.29) is 5.43 Å². The highest BCUT2D eigenvalue weighted by atomic mass is 19.1. The van der Waals surface area contributed by atoms with Crippen LogP contribution in [0.5, 0.6) is 0 Å². The number of piperidine rings is 1. The summed E-state index contributed by atoms with van der Waals surface area (Å²) in [5.41, 5.74) is 3.31. The first-order valence-corrected chi connectivity index (χ1v) is 13.2. The minimum atomic E-state index is -1.34. The van der Waals surface area contributed by atoms with Crippen LogP contribution in [-0.4, -0.2) is 38.4 Å². The number of rotatable bonds is 6. The first-order valence-electron chi connectivity index (χ1n) is 13.2. The van der Waals surface area contributed by atoms with Crippen molar-refractivity contribution in [2.24, 2.45) is 13.0 Å². The van der Waals surface area contributed by atoms with E-state index in [4.69, 9.17) is 4.42 Å². The number of hydrogen-bond donors (Lipinski definition) is 0. The number of hydrogen-bond acceptors (Lipinski definition) is 5. The van der Waals surface area contributed by atoms with E-state index >= 15 is 4.39 Å². The van der Waals surface area contributed by atoms with Crippen molar-refractivity contribution in [3.63, 3.8) is 0 Å². The Kier molecular flexibility index (Phi) is 5.98. The van der Waals surface area contributed by atoms with Crippen LogP contribution in [0.3, 0.4) is 0 Å². The summed E-state index contributed by atoms with van der Waals surface area (Å²) in [5, 5.41) is 8.79. The molecule has 2 fully saturated rings. The highest BCUT2D eigenvalue weighted by Crippen LogP contribution is 2.53. The fourth-order valence-corrected chi connectivity index (χ4v) is 6.00. The predicted octanol–water partition coefficient (Wildman–Crippen LogP) is 5.76. The van der Waals surface area contributed by atoms with Crippen molar-refractivity contribution >= 4 is 11.0 Å². The molecule has 0 amide bonds. The largest absolute Gasteiger partial charge is 0.463 e. The van der Waals surface area contributed by atoms with Crippen LogP contribution in [-0.2, 0) is 13.6 Å². The van der Waals surface area contributed by atoms with Gasteiger partial charge in [0.2, 0.25) is 5.43 Å². The average Bonchev–Trinajstić information content (AvgIpc) is 3.48. The molecular weight excluding hydrogens is 467 g/mol. The van der Waals surface area contributed by atoms with Gasteiger partial charge >= 0.3 is 0 Å². The Balaban J connectivity index is 1.39. The number of fused-ring (bicyclic) bond motifs is 1. The minimum absolute atomic E-state index is 0.0630. The monoisotopic (exact) mass is 500 g/mol. The van der Waals surface area contributed by atoms with E-state index in [1.165, 1.54) is 12.8 Å². The average molecular weight is 501 g/mol. The van der Waals surface area contributed by atoms with Crippen molar-refractivity contribution in [3.05, 3.63) is 81.7 Å². The van der Waals surface area contributed by atoms with Crippen LogP contribution in [0, 0.1) is 12.8 Å². The van der Waals surface area contributed by atoms with Gasteiger partial charge in [0.25, 0.3) is 0 Å². The molecule has 0 bridgehead atoms. The summed E-state index contributed by atoms with van der Waals surface area (Å²) in [5.74, 6) is 0.756. The van der Waals surface area contributed by atoms with Crippen LogP contribution in [0.2, 0.25) is 0 Å². The van der Waals surface area contributed by atoms with Crippen molar-refractivity contribution in [2.45, 2.75) is 57.7 Å². The van der Waals surface area contributed by atoms with E-state index in [1.54, 1.807) is 17.2 Å². The Morgan fingerprint density at radius 2 is 2.08 bits per heavy atom. The zero-order valence-electron chi connectivity index (χ0n) is 21.7. The van der Waals surface area contributed by atoms with Gasteiger partial charge in [0.05, 0.1) is 16.9 Å². The van der Waals surface area contributed by atoms with Crippen molar-refractivity contribution in [1.82, 2.24) is 19.7 Å². The molecule has 0 N–H and O–H groups in total. The van der Waals surface area contributed by atoms with Crippen LogP contribution in [0.25, 0.3) is 22.1 Å². The van der Waals surface area contributed by atoms with E-state index in [0.29, 0.717) is 41.1 Å². The zero-order chi connectivity index (χ0) is 25.7. The first kappa shape index (κ1) is 24.0. The summed E-state index contributed by atoms with van der Waals surface area (Å²) in [4.78, 5) is 16.2. The van der Waals surface area contributed by atoms with E-state index in [2.05, 4.69) is 28.1 Å². The summed E-state index contributed by atoms with van der Waals surface area (Å²) in [6.45, 7) is 7.30. The van der Waals surface area contributed by atoms with Gasteiger partial charge < -0.3 is 8.98 Å². The van der Waals surface area contributed by atoms with Gasteiger partial charge in [0.15, 0.2) is 0 Å². The Hall–Kier alpha value is -3.32. The first-order chi connectivity index (χ1) is 17.8. The molecule has 1 aliphatic heterocycles. The van der Waals surface area contributed by atoms with Gasteiger partial charge in [-0.25, -0.2) is 4.39 Å². The van der Waals surface area contributed by atoms with Crippen LogP contribution in [0.15, 0.2) is 58.2 Å². The molecule has 2 aromatic carbocycles. The summed E-state index contributed by atoms with van der Waals surface area (Å²) in [7, 11) is 1.83. The van der Waals surface area contributed by atoms with Gasteiger partial charge in [-0.15, -0.1) is 10.2 Å². The second kappa shape index (κ2) is 9.21. The van der Waals surface area contributed by atoms with E-state index in [0.717, 1.165) is 41.9 Å². The quantitative estimate of drug-likeness (QED) is 0.337. The van der Waals surface area contributed by atoms with E-state index < -0.39 is 11.6 Å². The van der Waals surface area contributed by atoms with Gasteiger partial charge in [0, 0.05) is 20.1 Å². The Labute approximate surface area is 216 Å². The zero-order valence-corrected chi connectivity index (χ0v) is 21.7. The molecule has 1 aliphatic carbocycles. The standard InChI is InChI=1S/C30H33FN4O2/c1-19-6-5-11-35(15-19)16-21-12-20(2)28-24(13-21)27(36)25(17-37-28)22-7-4-8-23(14-22)26(30(31)9-10-30)29-33-32-18-34(29)3/h4,7-8,12-14,17-19,26H,5-6,9-11,15-16H2,1-3H3/t19-,26?/m0/s1. The molecule has 192 valence electrons. The third-order valence-electron chi connectivity index (χ3n) is 8.05. The maximum atomic E-state index is 15.6. The normalized spacial score (nSPS) is 20.3. The van der Waals surface area contributed by atoms with E-state index in [1.807, 2.05) is 44.3 Å². The highest BCUT2D eigenvalue weighted by Gasteiger charge is 2.53. The fraction of sp³-hybridized carbons (Fsp3) is 0.433. The number of benzene rings is 2. The Bertz CT molecular complexity index is 1520. The molecular formula is C30H33FN4O2. The lowest BCUT2D eigenvalue weighted by Gasteiger charge is -2.30. The molecule has 1 saturated carbocycles. The van der Waals surface area contributed by atoms with Gasteiger partial charge in [-0.3, -0.25) is 9.69 Å². The molecule has 37 heavy (non-hydrogen) atoms. The molecule has 7 heteroatoms. The van der Waals surface area contributed by atoms with Crippen LogP contribution < -0.4 is 5.43 Å². The third-order valence-corrected chi connectivity index (χ3v) is 8.05. The maximum absolute atomic E-state index is 15.6. The number of halogens is 1. The van der Waals surface area contributed by atoms with Gasteiger partial charge in [-0.1, -0.05) is 37.3 Å². The lowest BCUT2D eigenvalue weighted by atomic mass is 9.89. The van der Waals surface area contributed by atoms with Crippen LogP contribution in [0.4, 0.5) is 4.39 Å². The Morgan fingerprint density at radius 3 is 2.81 bits per heavy atom. The molecule has 3 heterocycles. The number of aromatic nitrogens is 3. The van der Waals surface area contributed by atoms with Crippen molar-refractivity contribution in [1.29, 1.82) is 0 Å². The number of likely N-dealkylation sites (tertiary alicyclic amines) is 1. The van der Waals surface area contributed by atoms with Gasteiger partial charge in [-0.05, 0) is 73.4 Å². The molecule has 4 aromatic rings. The van der Waals surface area contributed by atoms with Crippen molar-refractivity contribution < 1.29 is 8.81 Å². The van der Waals surface area contributed by atoms with Crippen molar-refractivity contribution in [2.75, 3.05) is 13.1 Å². The molecule has 0 spiro atoms. The molecule has 2 aliphatic rings. The second-order valence-corrected chi connectivity index (χ2v) is 11.1. The topological polar surface area (TPSA) is 64.2 Å². The number of nitrogens with zero attached hydrogens (tertiary/aromatic N) is 4. The predicted molar refractivity (Wildman–Crippen MR) is 142 cm³/mol. The summed E-state index contributed by atoms with van der Waals surface area (Å²) < 4.78 is 23.4. The molecule has 2 atom stereocenters. The molecule has 6 nitrogen and oxygen atoms in total. The van der Waals surface area contributed by atoms with Crippen LogP contribution in [0.1, 0.15) is 61.0 Å². The van der Waals surface area contributed by atoms with Gasteiger partial charge in [-0.2, -0.15) is 0 Å². The van der Waals surface area contributed by atoms with Gasteiger partial charge in [0.1, 0.15) is 29.7 Å². The van der Waals surface area contributed by atoms with E-state index in [9.17, 15) is 4.79 Å². The molecule has 0 radical (unpaired) electrons. The summed E-state index contributed by atoms with van der Waals surface area (Å²) >= 11 is 0. The third kappa shape index (κ3) is 4.50. The fourth-order valence-electron chi connectivity index (χ4n) is 6.00. The lowest BCUT2D eigenvalue weighted by Crippen LogP contribution is -2.33. The molecule has 2 aromatic heterocycles. The highest BCUT2D eigenvalue weighted by molar-refractivity contribution is 5.84. The number of aryl methyl sites for hydroxylation is 2. The van der Waals surface area contributed by atoms with Crippen LogP contribution >= 0.6 is 0 Å². The Morgan fingerprint density at radius 1 is 1.24 bits per heavy atom. The van der Waals surface area contributed by atoms with Crippen molar-refractivity contribution in [3.8, 4) is 11.1 Å². The summed E-state index contributed by atoms with van der Waals surface area (Å²) in [6, 6.07) is 11.7. The number of alkyl halides is 1.